The average molecular weight is 220 g/mol. The number of alkyl halides is 3. The van der Waals surface area contributed by atoms with Crippen LogP contribution in [0.15, 0.2) is 0 Å². The summed E-state index contributed by atoms with van der Waals surface area (Å²) in [6.45, 7) is -0.408. The minimum Gasteiger partial charge on any atom is -0.370 e. The van der Waals surface area contributed by atoms with Gasteiger partial charge in [0.25, 0.3) is 0 Å². The van der Waals surface area contributed by atoms with Gasteiger partial charge in [-0.1, -0.05) is 0 Å². The highest BCUT2D eigenvalue weighted by Gasteiger charge is 2.41. The van der Waals surface area contributed by atoms with Gasteiger partial charge in [-0.2, -0.15) is 18.3 Å². The Labute approximate surface area is 82.6 Å². The van der Waals surface area contributed by atoms with Crippen LogP contribution < -0.4 is 0 Å². The van der Waals surface area contributed by atoms with Gasteiger partial charge in [-0.05, 0) is 0 Å². The molecule has 2 rings (SSSR count). The van der Waals surface area contributed by atoms with Gasteiger partial charge >= 0.3 is 6.18 Å². The molecule has 1 aromatic rings. The van der Waals surface area contributed by atoms with Crippen LogP contribution in [0.1, 0.15) is 17.0 Å². The van der Waals surface area contributed by atoms with Gasteiger partial charge in [-0.3, -0.25) is 4.68 Å². The number of aromatic nitrogens is 2. The van der Waals surface area contributed by atoms with E-state index in [1.54, 1.807) is 0 Å². The van der Waals surface area contributed by atoms with Crippen molar-refractivity contribution in [2.75, 3.05) is 0 Å². The molecule has 0 saturated carbocycles. The van der Waals surface area contributed by atoms with E-state index >= 15 is 0 Å². The molecule has 0 atom stereocenters. The van der Waals surface area contributed by atoms with Gasteiger partial charge in [0.05, 0.1) is 25.5 Å². The highest BCUT2D eigenvalue weighted by atomic mass is 19.4. The third-order valence-electron chi connectivity index (χ3n) is 2.13. The van der Waals surface area contributed by atoms with Crippen LogP contribution in [0.3, 0.4) is 0 Å². The Morgan fingerprint density at radius 3 is 2.80 bits per heavy atom. The first kappa shape index (κ1) is 10.2. The topological polar surface area (TPSA) is 44.1 Å². The molecule has 4 nitrogen and oxygen atoms in total. The van der Waals surface area contributed by atoms with Crippen LogP contribution in [-0.4, -0.2) is 16.1 Å². The summed E-state index contributed by atoms with van der Waals surface area (Å²) >= 11 is 0. The fourth-order valence-corrected chi connectivity index (χ4v) is 1.59. The number of ether oxygens (including phenoxy) is 1. The fraction of sp³-hybridized carbons (Fsp3) is 0.500. The SMILES string of the molecule is O=CCn1nc2c(c1C(F)(F)F)COC2. The Bertz CT molecular complexity index is 397. The van der Waals surface area contributed by atoms with Crippen LogP contribution in [0, 0.1) is 0 Å². The minimum absolute atomic E-state index is 0.0457. The molecule has 82 valence electrons. The maximum atomic E-state index is 12.6. The van der Waals surface area contributed by atoms with E-state index in [0.717, 1.165) is 0 Å². The number of fused-ring (bicyclic) bond motifs is 1. The summed E-state index contributed by atoms with van der Waals surface area (Å²) in [7, 11) is 0. The first-order valence-electron chi connectivity index (χ1n) is 4.21. The highest BCUT2D eigenvalue weighted by Crippen LogP contribution is 2.36. The summed E-state index contributed by atoms with van der Waals surface area (Å²) in [5.74, 6) is 0. The summed E-state index contributed by atoms with van der Waals surface area (Å²) in [4.78, 5) is 10.2. The van der Waals surface area contributed by atoms with Crippen molar-refractivity contribution in [1.29, 1.82) is 0 Å². The summed E-state index contributed by atoms with van der Waals surface area (Å²) in [5.41, 5.74) is -0.560. The molecule has 0 fully saturated rings. The number of rotatable bonds is 2. The number of hydrogen-bond donors (Lipinski definition) is 0. The minimum atomic E-state index is -4.50. The Kier molecular flexibility index (Phi) is 2.26. The summed E-state index contributed by atoms with van der Waals surface area (Å²) in [6, 6.07) is 0. The van der Waals surface area contributed by atoms with Crippen molar-refractivity contribution in [3.63, 3.8) is 0 Å². The highest BCUT2D eigenvalue weighted by molar-refractivity contribution is 5.49. The van der Waals surface area contributed by atoms with Crippen LogP contribution in [0.5, 0.6) is 0 Å². The Morgan fingerprint density at radius 2 is 2.20 bits per heavy atom. The van der Waals surface area contributed by atoms with Gasteiger partial charge in [-0.25, -0.2) is 0 Å². The van der Waals surface area contributed by atoms with Crippen molar-refractivity contribution < 1.29 is 22.7 Å². The van der Waals surface area contributed by atoms with Gasteiger partial charge in [0.2, 0.25) is 0 Å². The van der Waals surface area contributed by atoms with E-state index in [2.05, 4.69) is 5.10 Å². The summed E-state index contributed by atoms with van der Waals surface area (Å²) < 4.78 is 43.4. The van der Waals surface area contributed by atoms with Crippen LogP contribution in [0.25, 0.3) is 0 Å². The molecule has 0 amide bonds. The standard InChI is InChI=1S/C8H7F3N2O2/c9-8(10,11)7-5-3-15-4-6(5)12-13(7)1-2-14/h2H,1,3-4H2. The average Bonchev–Trinajstić information content (AvgIpc) is 2.60. The molecular weight excluding hydrogens is 213 g/mol. The lowest BCUT2D eigenvalue weighted by Gasteiger charge is -2.09. The van der Waals surface area contributed by atoms with E-state index in [0.29, 0.717) is 11.0 Å². The van der Waals surface area contributed by atoms with Crippen molar-refractivity contribution in [3.05, 3.63) is 17.0 Å². The maximum Gasteiger partial charge on any atom is 0.433 e. The molecule has 0 aliphatic carbocycles. The maximum absolute atomic E-state index is 12.6. The molecule has 7 heteroatoms. The van der Waals surface area contributed by atoms with Crippen LogP contribution >= 0.6 is 0 Å². The van der Waals surface area contributed by atoms with Crippen LogP contribution in [-0.2, 0) is 35.5 Å². The third-order valence-corrected chi connectivity index (χ3v) is 2.13. The normalized spacial score (nSPS) is 15.4. The Balaban J connectivity index is 2.52. The van der Waals surface area contributed by atoms with Crippen LogP contribution in [0.4, 0.5) is 13.2 Å². The molecule has 0 unspecified atom stereocenters. The van der Waals surface area contributed by atoms with E-state index < -0.39 is 11.9 Å². The van der Waals surface area contributed by atoms with E-state index in [9.17, 15) is 18.0 Å². The molecule has 1 aromatic heterocycles. The molecule has 0 saturated heterocycles. The van der Waals surface area contributed by atoms with E-state index in [-0.39, 0.29) is 31.0 Å². The number of carbonyl (C=O) groups is 1. The van der Waals surface area contributed by atoms with Gasteiger partial charge < -0.3 is 9.53 Å². The second-order valence-electron chi connectivity index (χ2n) is 3.11. The zero-order chi connectivity index (χ0) is 11.1. The zero-order valence-electron chi connectivity index (χ0n) is 7.54. The predicted octanol–water partition coefficient (Wildman–Crippen LogP) is 1.13. The molecule has 1 aliphatic rings. The monoisotopic (exact) mass is 220 g/mol. The predicted molar refractivity (Wildman–Crippen MR) is 41.8 cm³/mol. The zero-order valence-corrected chi connectivity index (χ0v) is 7.54. The number of carbonyl (C=O) groups excluding carboxylic acids is 1. The third kappa shape index (κ3) is 1.63. The molecule has 0 aromatic carbocycles. The van der Waals surface area contributed by atoms with Crippen molar-refractivity contribution in [3.8, 4) is 0 Å². The molecule has 2 heterocycles. The second kappa shape index (κ2) is 3.34. The van der Waals surface area contributed by atoms with Gasteiger partial charge in [0.1, 0.15) is 12.0 Å². The van der Waals surface area contributed by atoms with E-state index in [4.69, 9.17) is 4.74 Å². The molecular formula is C8H7F3N2O2. The Morgan fingerprint density at radius 1 is 1.47 bits per heavy atom. The first-order chi connectivity index (χ1) is 7.04. The molecule has 0 N–H and O–H groups in total. The summed E-state index contributed by atoms with van der Waals surface area (Å²) in [5, 5.41) is 3.69. The first-order valence-corrected chi connectivity index (χ1v) is 4.21. The van der Waals surface area contributed by atoms with E-state index in [1.807, 2.05) is 0 Å². The molecule has 0 spiro atoms. The number of nitrogens with zero attached hydrogens (tertiary/aromatic N) is 2. The van der Waals surface area contributed by atoms with Gasteiger partial charge in [-0.15, -0.1) is 0 Å². The molecule has 0 radical (unpaired) electrons. The van der Waals surface area contributed by atoms with Gasteiger partial charge in [0, 0.05) is 5.56 Å². The van der Waals surface area contributed by atoms with Crippen molar-refractivity contribution in [1.82, 2.24) is 9.78 Å². The van der Waals surface area contributed by atoms with Gasteiger partial charge in [0.15, 0.2) is 0 Å². The van der Waals surface area contributed by atoms with Crippen molar-refractivity contribution >= 4 is 6.29 Å². The molecule has 0 bridgehead atoms. The van der Waals surface area contributed by atoms with E-state index in [1.165, 1.54) is 0 Å². The lowest BCUT2D eigenvalue weighted by Crippen LogP contribution is -2.17. The van der Waals surface area contributed by atoms with Crippen molar-refractivity contribution in [2.24, 2.45) is 0 Å². The molecule has 1 aliphatic heterocycles. The quantitative estimate of drug-likeness (QED) is 0.702. The second-order valence-corrected chi connectivity index (χ2v) is 3.11. The smallest absolute Gasteiger partial charge is 0.370 e. The Hall–Kier alpha value is -1.37. The van der Waals surface area contributed by atoms with Crippen molar-refractivity contribution in [2.45, 2.75) is 25.9 Å². The lowest BCUT2D eigenvalue weighted by atomic mass is 10.2. The lowest BCUT2D eigenvalue weighted by molar-refractivity contribution is -0.145. The fourth-order valence-electron chi connectivity index (χ4n) is 1.59. The van der Waals surface area contributed by atoms with Crippen LogP contribution in [0.2, 0.25) is 0 Å². The number of halogens is 3. The number of aldehydes is 1. The largest absolute Gasteiger partial charge is 0.433 e. The molecule has 15 heavy (non-hydrogen) atoms. The summed E-state index contributed by atoms with van der Waals surface area (Å²) in [6.07, 6.45) is -4.12. The number of hydrogen-bond acceptors (Lipinski definition) is 3.